The van der Waals surface area contributed by atoms with Crippen molar-refractivity contribution < 1.29 is 13.2 Å². The minimum absolute atomic E-state index is 0.00535. The summed E-state index contributed by atoms with van der Waals surface area (Å²) in [6.07, 6.45) is -2.47. The highest BCUT2D eigenvalue weighted by Crippen LogP contribution is 2.53. The van der Waals surface area contributed by atoms with Crippen LogP contribution in [-0.2, 0) is 0 Å². The zero-order chi connectivity index (χ0) is 9.57. The molecule has 4 heteroatoms. The summed E-state index contributed by atoms with van der Waals surface area (Å²) in [7, 11) is 0. The van der Waals surface area contributed by atoms with Crippen LogP contribution in [0.3, 0.4) is 0 Å². The van der Waals surface area contributed by atoms with E-state index in [9.17, 15) is 13.2 Å². The van der Waals surface area contributed by atoms with Crippen LogP contribution in [0.2, 0.25) is 0 Å². The van der Waals surface area contributed by atoms with Crippen molar-refractivity contribution in [3.63, 3.8) is 0 Å². The fourth-order valence-electron chi connectivity index (χ4n) is 1.06. The lowest BCUT2D eigenvalue weighted by Crippen LogP contribution is -2.07. The maximum atomic E-state index is 11.9. The first-order valence-corrected chi connectivity index (χ1v) is 4.06. The molecule has 1 aliphatic rings. The van der Waals surface area contributed by atoms with E-state index in [4.69, 9.17) is 11.6 Å². The molecule has 0 aromatic carbocycles. The second kappa shape index (κ2) is 2.66. The number of hydrogen-bond acceptors (Lipinski definition) is 0. The van der Waals surface area contributed by atoms with E-state index in [2.05, 4.69) is 0 Å². The predicted octanol–water partition coefficient (Wildman–Crippen LogP) is 3.72. The van der Waals surface area contributed by atoms with Gasteiger partial charge in [-0.25, -0.2) is 0 Å². The lowest BCUT2D eigenvalue weighted by atomic mass is 10.1. The molecule has 0 unspecified atom stereocenters. The van der Waals surface area contributed by atoms with Gasteiger partial charge in [0.2, 0.25) is 0 Å². The predicted molar refractivity (Wildman–Crippen MR) is 41.9 cm³/mol. The Morgan fingerprint density at radius 2 is 1.92 bits per heavy atom. The van der Waals surface area contributed by atoms with Gasteiger partial charge in [0.25, 0.3) is 0 Å². The summed E-state index contributed by atoms with van der Waals surface area (Å²) in [5, 5.41) is -0.988. The monoisotopic (exact) mass is 198 g/mol. The summed E-state index contributed by atoms with van der Waals surface area (Å²) < 4.78 is 35.7. The normalized spacial score (nSPS) is 28.8. The quantitative estimate of drug-likeness (QED) is 0.603. The molecule has 1 fully saturated rings. The van der Waals surface area contributed by atoms with Gasteiger partial charge < -0.3 is 0 Å². The average Bonchev–Trinajstić information content (AvgIpc) is 2.36. The summed E-state index contributed by atoms with van der Waals surface area (Å²) >= 11 is 5.06. The van der Waals surface area contributed by atoms with Crippen molar-refractivity contribution in [2.45, 2.75) is 26.4 Å². The van der Waals surface area contributed by atoms with E-state index < -0.39 is 11.2 Å². The molecule has 0 aromatic heterocycles. The Bertz CT molecular complexity index is 215. The fraction of sp³-hybridized carbons (Fsp3) is 0.750. The molecule has 0 bridgehead atoms. The molecule has 0 heterocycles. The number of rotatable bonds is 1. The van der Waals surface area contributed by atoms with E-state index in [0.717, 1.165) is 12.5 Å². The number of alkyl halides is 3. The molecule has 1 saturated carbocycles. The average molecular weight is 199 g/mol. The van der Waals surface area contributed by atoms with Crippen molar-refractivity contribution >= 4 is 11.6 Å². The molecule has 1 atom stereocenters. The van der Waals surface area contributed by atoms with Gasteiger partial charge in [0, 0.05) is 0 Å². The van der Waals surface area contributed by atoms with Gasteiger partial charge in [-0.15, -0.1) is 0 Å². The Labute approximate surface area is 74.4 Å². The third kappa shape index (κ3) is 2.16. The molecule has 12 heavy (non-hydrogen) atoms. The summed E-state index contributed by atoms with van der Waals surface area (Å²) in [6, 6.07) is 0. The minimum Gasteiger partial charge on any atom is -0.165 e. The van der Waals surface area contributed by atoms with E-state index in [-0.39, 0.29) is 11.3 Å². The first-order chi connectivity index (χ1) is 5.23. The van der Waals surface area contributed by atoms with Crippen molar-refractivity contribution in [3.8, 4) is 0 Å². The minimum atomic E-state index is -4.37. The molecule has 0 nitrogen and oxygen atoms in total. The van der Waals surface area contributed by atoms with Gasteiger partial charge in [-0.05, 0) is 17.8 Å². The summed E-state index contributed by atoms with van der Waals surface area (Å²) in [4.78, 5) is 0. The Hall–Kier alpha value is -0.180. The zero-order valence-corrected chi connectivity index (χ0v) is 7.63. The van der Waals surface area contributed by atoms with E-state index in [1.165, 1.54) is 0 Å². The highest BCUT2D eigenvalue weighted by molar-refractivity contribution is 6.30. The molecule has 0 N–H and O–H groups in total. The smallest absolute Gasteiger partial charge is 0.165 e. The van der Waals surface area contributed by atoms with Gasteiger partial charge in [-0.2, -0.15) is 13.2 Å². The summed E-state index contributed by atoms with van der Waals surface area (Å²) in [5.74, 6) is -0.00775. The van der Waals surface area contributed by atoms with Gasteiger partial charge in [-0.3, -0.25) is 0 Å². The second-order valence-electron chi connectivity index (χ2n) is 3.81. The molecule has 1 rings (SSSR count). The van der Waals surface area contributed by atoms with Crippen molar-refractivity contribution in [1.29, 1.82) is 0 Å². The maximum absolute atomic E-state index is 11.9. The molecule has 0 spiro atoms. The molecule has 0 aromatic rings. The van der Waals surface area contributed by atoms with Crippen LogP contribution in [0.25, 0.3) is 0 Å². The summed E-state index contributed by atoms with van der Waals surface area (Å²) in [6.45, 7) is 3.85. The van der Waals surface area contributed by atoms with E-state index >= 15 is 0 Å². The molecule has 70 valence electrons. The second-order valence-corrected chi connectivity index (χ2v) is 4.22. The summed E-state index contributed by atoms with van der Waals surface area (Å²) in [5.41, 5.74) is 0.00535. The number of halogens is 4. The van der Waals surface area contributed by atoms with Crippen LogP contribution in [0.1, 0.15) is 20.3 Å². The topological polar surface area (TPSA) is 0 Å². The van der Waals surface area contributed by atoms with Crippen LogP contribution in [0, 0.1) is 11.3 Å². The van der Waals surface area contributed by atoms with E-state index in [1.807, 2.05) is 13.8 Å². The Morgan fingerprint density at radius 1 is 1.50 bits per heavy atom. The first-order valence-electron chi connectivity index (χ1n) is 3.68. The van der Waals surface area contributed by atoms with Crippen LogP contribution >= 0.6 is 11.6 Å². The lowest BCUT2D eigenvalue weighted by Gasteiger charge is -2.04. The molecule has 0 amide bonds. The largest absolute Gasteiger partial charge is 0.426 e. The highest BCUT2D eigenvalue weighted by Gasteiger charge is 2.46. The van der Waals surface area contributed by atoms with Crippen LogP contribution in [0.5, 0.6) is 0 Å². The lowest BCUT2D eigenvalue weighted by molar-refractivity contribution is -0.0848. The van der Waals surface area contributed by atoms with Crippen molar-refractivity contribution in [2.24, 2.45) is 11.3 Å². The molecular formula is C8H10ClF3. The fourth-order valence-corrected chi connectivity index (χ4v) is 1.22. The molecule has 0 saturated heterocycles. The maximum Gasteiger partial charge on any atom is 0.426 e. The molecule has 0 aliphatic heterocycles. The number of hydrogen-bond donors (Lipinski definition) is 0. The SMILES string of the molecule is CC1(C)C[C@H]1/C=C(\Cl)C(F)(F)F. The van der Waals surface area contributed by atoms with Crippen LogP contribution in [0.15, 0.2) is 11.1 Å². The first kappa shape index (κ1) is 9.90. The van der Waals surface area contributed by atoms with Crippen molar-refractivity contribution in [3.05, 3.63) is 11.1 Å². The number of allylic oxidation sites excluding steroid dienone is 2. The molecule has 0 radical (unpaired) electrons. The van der Waals surface area contributed by atoms with Gasteiger partial charge >= 0.3 is 6.18 Å². The van der Waals surface area contributed by atoms with Crippen LogP contribution in [0.4, 0.5) is 13.2 Å². The van der Waals surface area contributed by atoms with Gasteiger partial charge in [0.1, 0.15) is 5.03 Å². The van der Waals surface area contributed by atoms with Crippen LogP contribution < -0.4 is 0 Å². The third-order valence-corrected chi connectivity index (χ3v) is 2.55. The highest BCUT2D eigenvalue weighted by atomic mass is 35.5. The Balaban J connectivity index is 2.60. The van der Waals surface area contributed by atoms with Gasteiger partial charge in [0.05, 0.1) is 0 Å². The van der Waals surface area contributed by atoms with Crippen LogP contribution in [-0.4, -0.2) is 6.18 Å². The van der Waals surface area contributed by atoms with E-state index in [0.29, 0.717) is 0 Å². The Kier molecular flexibility index (Phi) is 2.19. The van der Waals surface area contributed by atoms with Crippen molar-refractivity contribution in [2.75, 3.05) is 0 Å². The zero-order valence-electron chi connectivity index (χ0n) is 6.87. The van der Waals surface area contributed by atoms with Gasteiger partial charge in [-0.1, -0.05) is 31.5 Å². The standard InChI is InChI=1S/C8H10ClF3/c1-7(2)4-5(7)3-6(9)8(10,11)12/h3,5H,4H2,1-2H3/b6-3-/t5-/m1/s1. The third-order valence-electron chi connectivity index (χ3n) is 2.21. The van der Waals surface area contributed by atoms with E-state index in [1.54, 1.807) is 0 Å². The Morgan fingerprint density at radius 3 is 2.17 bits per heavy atom. The molecule has 1 aliphatic carbocycles. The van der Waals surface area contributed by atoms with Crippen molar-refractivity contribution in [1.82, 2.24) is 0 Å². The molecular weight excluding hydrogens is 189 g/mol. The van der Waals surface area contributed by atoms with Gasteiger partial charge in [0.15, 0.2) is 0 Å².